The zero-order valence-corrected chi connectivity index (χ0v) is 19.7. The van der Waals surface area contributed by atoms with E-state index in [2.05, 4.69) is 10.6 Å². The summed E-state index contributed by atoms with van der Waals surface area (Å²) in [5, 5.41) is 6.62. The average Bonchev–Trinajstić information content (AvgIpc) is 2.71. The fraction of sp³-hybridized carbons (Fsp3) is 0.650. The highest BCUT2D eigenvalue weighted by atomic mass is 127. The lowest BCUT2D eigenvalue weighted by Crippen LogP contribution is -2.45. The predicted molar refractivity (Wildman–Crippen MR) is 122 cm³/mol. The fourth-order valence-electron chi connectivity index (χ4n) is 2.95. The van der Waals surface area contributed by atoms with Gasteiger partial charge in [-0.2, -0.15) is 0 Å². The maximum absolute atomic E-state index is 5.99. The van der Waals surface area contributed by atoms with Gasteiger partial charge in [-0.15, -0.1) is 24.0 Å². The Hall–Kier alpha value is -1.26. The Bertz CT molecular complexity index is 595. The maximum atomic E-state index is 5.99. The molecule has 160 valence electrons. The Labute approximate surface area is 185 Å². The van der Waals surface area contributed by atoms with Gasteiger partial charge in [0.25, 0.3) is 0 Å². The second kappa shape index (κ2) is 13.1. The summed E-state index contributed by atoms with van der Waals surface area (Å²) < 4.78 is 22.5. The average molecular weight is 507 g/mol. The van der Waals surface area contributed by atoms with Crippen LogP contribution in [0, 0.1) is 0 Å². The van der Waals surface area contributed by atoms with Crippen molar-refractivity contribution in [1.82, 2.24) is 10.6 Å². The minimum absolute atomic E-state index is 0. The van der Waals surface area contributed by atoms with Crippen LogP contribution in [0.5, 0.6) is 11.5 Å². The van der Waals surface area contributed by atoms with E-state index in [4.69, 9.17) is 23.9 Å². The lowest BCUT2D eigenvalue weighted by molar-refractivity contribution is -0.0828. The van der Waals surface area contributed by atoms with Gasteiger partial charge in [-0.3, -0.25) is 4.99 Å². The van der Waals surface area contributed by atoms with Gasteiger partial charge in [0.05, 0.1) is 25.8 Å². The highest BCUT2D eigenvalue weighted by Gasteiger charge is 2.32. The van der Waals surface area contributed by atoms with Crippen LogP contribution in [-0.2, 0) is 9.47 Å². The third-order valence-electron chi connectivity index (χ3n) is 4.66. The molecule has 1 saturated heterocycles. The molecular weight excluding hydrogens is 473 g/mol. The van der Waals surface area contributed by atoms with Crippen LogP contribution in [0.25, 0.3) is 0 Å². The van der Waals surface area contributed by atoms with Crippen LogP contribution in [0.1, 0.15) is 26.7 Å². The van der Waals surface area contributed by atoms with Crippen LogP contribution in [0.2, 0.25) is 0 Å². The van der Waals surface area contributed by atoms with E-state index < -0.39 is 0 Å². The molecule has 2 rings (SSSR count). The first-order valence-corrected chi connectivity index (χ1v) is 9.57. The molecule has 7 nitrogen and oxygen atoms in total. The molecule has 1 aromatic rings. The number of nitrogens with zero attached hydrogens (tertiary/aromatic N) is 1. The largest absolute Gasteiger partial charge is 0.493 e. The number of para-hydroxylation sites is 2. The first-order chi connectivity index (χ1) is 13.1. The number of aliphatic imine (C=N–C) groups is 1. The maximum Gasteiger partial charge on any atom is 0.191 e. The van der Waals surface area contributed by atoms with Crippen molar-refractivity contribution in [2.75, 3.05) is 47.1 Å². The van der Waals surface area contributed by atoms with Crippen LogP contribution >= 0.6 is 24.0 Å². The zero-order chi connectivity index (χ0) is 19.5. The van der Waals surface area contributed by atoms with Gasteiger partial charge in [0, 0.05) is 39.7 Å². The molecule has 28 heavy (non-hydrogen) atoms. The molecular formula is C20H34IN3O4. The van der Waals surface area contributed by atoms with Crippen molar-refractivity contribution in [1.29, 1.82) is 0 Å². The van der Waals surface area contributed by atoms with Gasteiger partial charge in [0.2, 0.25) is 0 Å². The highest BCUT2D eigenvalue weighted by Crippen LogP contribution is 2.27. The molecule has 0 bridgehead atoms. The van der Waals surface area contributed by atoms with Crippen molar-refractivity contribution in [3.8, 4) is 11.5 Å². The Morgan fingerprint density at radius 2 is 1.86 bits per heavy atom. The Balaban J connectivity index is 0.00000392. The van der Waals surface area contributed by atoms with Crippen molar-refractivity contribution >= 4 is 29.9 Å². The molecule has 1 unspecified atom stereocenters. The number of hydrogen-bond donors (Lipinski definition) is 2. The van der Waals surface area contributed by atoms with E-state index in [0.29, 0.717) is 13.1 Å². The minimum atomic E-state index is -0.236. The molecule has 1 aliphatic rings. The Morgan fingerprint density at radius 3 is 2.46 bits per heavy atom. The Morgan fingerprint density at radius 1 is 1.18 bits per heavy atom. The third-order valence-corrected chi connectivity index (χ3v) is 4.66. The van der Waals surface area contributed by atoms with E-state index >= 15 is 0 Å². The van der Waals surface area contributed by atoms with Gasteiger partial charge in [-0.05, 0) is 26.0 Å². The van der Waals surface area contributed by atoms with E-state index in [0.717, 1.165) is 50.1 Å². The summed E-state index contributed by atoms with van der Waals surface area (Å²) in [5.41, 5.74) is -0.236. The van der Waals surface area contributed by atoms with E-state index in [1.807, 2.05) is 38.1 Å². The molecule has 0 aliphatic carbocycles. The molecule has 1 fully saturated rings. The number of benzene rings is 1. The smallest absolute Gasteiger partial charge is 0.191 e. The Kier molecular flexibility index (Phi) is 11.6. The van der Waals surface area contributed by atoms with Crippen LogP contribution in [0.4, 0.5) is 0 Å². The molecule has 0 amide bonds. The van der Waals surface area contributed by atoms with Crippen LogP contribution in [0.3, 0.4) is 0 Å². The van der Waals surface area contributed by atoms with Gasteiger partial charge >= 0.3 is 0 Å². The number of halogens is 1. The number of nitrogens with one attached hydrogen (secondary N) is 2. The van der Waals surface area contributed by atoms with E-state index in [-0.39, 0.29) is 35.7 Å². The standard InChI is InChI=1S/C20H33N3O4.HI/c1-5-21-19(23-15-20(25-4)10-12-26-13-11-20)22-14-16(2)27-18-9-7-6-8-17(18)24-3;/h6-9,16H,5,10-15H2,1-4H3,(H2,21,22,23);1H. The summed E-state index contributed by atoms with van der Waals surface area (Å²) in [6.45, 7) is 7.51. The van der Waals surface area contributed by atoms with Crippen LogP contribution in [-0.4, -0.2) is 64.7 Å². The second-order valence-electron chi connectivity index (χ2n) is 6.65. The normalized spacial score (nSPS) is 17.2. The summed E-state index contributed by atoms with van der Waals surface area (Å²) in [7, 11) is 3.40. The van der Waals surface area contributed by atoms with Gasteiger partial charge in [-0.25, -0.2) is 0 Å². The van der Waals surface area contributed by atoms with Gasteiger partial charge < -0.3 is 29.6 Å². The summed E-state index contributed by atoms with van der Waals surface area (Å²) in [5.74, 6) is 2.22. The SMILES string of the molecule is CCNC(=NCC1(OC)CCOCC1)NCC(C)Oc1ccccc1OC.I. The van der Waals surface area contributed by atoms with Crippen molar-refractivity contribution < 1.29 is 18.9 Å². The lowest BCUT2D eigenvalue weighted by Gasteiger charge is -2.34. The monoisotopic (exact) mass is 507 g/mol. The summed E-state index contributed by atoms with van der Waals surface area (Å²) >= 11 is 0. The molecule has 0 radical (unpaired) electrons. The topological polar surface area (TPSA) is 73.3 Å². The third kappa shape index (κ3) is 7.63. The first kappa shape index (κ1) is 24.8. The molecule has 0 aromatic heterocycles. The van der Waals surface area contributed by atoms with E-state index in [9.17, 15) is 0 Å². The van der Waals surface area contributed by atoms with Crippen LogP contribution in [0.15, 0.2) is 29.3 Å². The molecule has 1 heterocycles. The molecule has 1 atom stereocenters. The molecule has 1 aliphatic heterocycles. The number of guanidine groups is 1. The van der Waals surface area contributed by atoms with E-state index in [1.54, 1.807) is 14.2 Å². The van der Waals surface area contributed by atoms with E-state index in [1.165, 1.54) is 0 Å². The first-order valence-electron chi connectivity index (χ1n) is 9.57. The number of rotatable bonds is 9. The number of hydrogen-bond acceptors (Lipinski definition) is 5. The van der Waals surface area contributed by atoms with Gasteiger partial charge in [0.15, 0.2) is 17.5 Å². The molecule has 0 spiro atoms. The summed E-state index contributed by atoms with van der Waals surface area (Å²) in [4.78, 5) is 4.73. The molecule has 8 heteroatoms. The number of ether oxygens (including phenoxy) is 4. The minimum Gasteiger partial charge on any atom is -0.493 e. The van der Waals surface area contributed by atoms with Crippen molar-refractivity contribution in [3.05, 3.63) is 24.3 Å². The van der Waals surface area contributed by atoms with Gasteiger partial charge in [-0.1, -0.05) is 12.1 Å². The fourth-order valence-corrected chi connectivity index (χ4v) is 2.95. The zero-order valence-electron chi connectivity index (χ0n) is 17.3. The second-order valence-corrected chi connectivity index (χ2v) is 6.65. The predicted octanol–water partition coefficient (Wildman–Crippen LogP) is 2.83. The molecule has 0 saturated carbocycles. The van der Waals surface area contributed by atoms with Crippen molar-refractivity contribution in [3.63, 3.8) is 0 Å². The summed E-state index contributed by atoms with van der Waals surface area (Å²) in [6, 6.07) is 7.65. The quantitative estimate of drug-likeness (QED) is 0.304. The number of methoxy groups -OCH3 is 2. The summed E-state index contributed by atoms with van der Waals surface area (Å²) in [6.07, 6.45) is 1.67. The molecule has 2 N–H and O–H groups in total. The van der Waals surface area contributed by atoms with Crippen LogP contribution < -0.4 is 20.1 Å². The van der Waals surface area contributed by atoms with Gasteiger partial charge in [0.1, 0.15) is 6.10 Å². The molecule has 1 aromatic carbocycles. The highest BCUT2D eigenvalue weighted by molar-refractivity contribution is 14.0. The lowest BCUT2D eigenvalue weighted by atomic mass is 9.94. The van der Waals surface area contributed by atoms with Crippen molar-refractivity contribution in [2.24, 2.45) is 4.99 Å². The van der Waals surface area contributed by atoms with Crippen molar-refractivity contribution in [2.45, 2.75) is 38.4 Å².